The van der Waals surface area contributed by atoms with Gasteiger partial charge in [0, 0.05) is 29.4 Å². The number of amidine groups is 1. The van der Waals surface area contributed by atoms with E-state index in [0.717, 1.165) is 0 Å². The van der Waals surface area contributed by atoms with Crippen LogP contribution in [0.1, 0.15) is 12.0 Å². The average Bonchev–Trinajstić information content (AvgIpc) is 2.77. The van der Waals surface area contributed by atoms with Gasteiger partial charge in [0.2, 0.25) is 0 Å². The topological polar surface area (TPSA) is 96.0 Å². The first-order valence-electron chi connectivity index (χ1n) is 6.05. The first kappa shape index (κ1) is 14.9. The van der Waals surface area contributed by atoms with Gasteiger partial charge in [-0.25, -0.2) is 8.42 Å². The lowest BCUT2D eigenvalue weighted by atomic mass is 10.1. The van der Waals surface area contributed by atoms with Crippen LogP contribution in [0.15, 0.2) is 23.4 Å². The summed E-state index contributed by atoms with van der Waals surface area (Å²) in [7, 11) is -1.18. The first-order chi connectivity index (χ1) is 9.34. The van der Waals surface area contributed by atoms with E-state index in [0.29, 0.717) is 22.7 Å². The van der Waals surface area contributed by atoms with Gasteiger partial charge < -0.3 is 15.8 Å². The van der Waals surface area contributed by atoms with Crippen LogP contribution in [-0.2, 0) is 9.84 Å². The Hall–Kier alpha value is -1.47. The van der Waals surface area contributed by atoms with Gasteiger partial charge in [0.1, 0.15) is 0 Å². The molecule has 1 heterocycles. The summed E-state index contributed by atoms with van der Waals surface area (Å²) >= 11 is 5.92. The summed E-state index contributed by atoms with van der Waals surface area (Å²) in [5, 5.41) is 12.3. The van der Waals surface area contributed by atoms with Gasteiger partial charge in [-0.15, -0.1) is 0 Å². The van der Waals surface area contributed by atoms with Crippen molar-refractivity contribution in [3.63, 3.8) is 0 Å². The molecular weight excluding hydrogens is 302 g/mol. The molecule has 0 spiro atoms. The lowest BCUT2D eigenvalue weighted by Gasteiger charge is -2.27. The lowest BCUT2D eigenvalue weighted by molar-refractivity contribution is 0.318. The fraction of sp³-hybridized carbons (Fsp3) is 0.417. The van der Waals surface area contributed by atoms with Gasteiger partial charge in [-0.1, -0.05) is 16.8 Å². The zero-order valence-corrected chi connectivity index (χ0v) is 12.5. The smallest absolute Gasteiger partial charge is 0.172 e. The number of nitrogens with two attached hydrogens (primary N) is 1. The Morgan fingerprint density at radius 2 is 2.25 bits per heavy atom. The van der Waals surface area contributed by atoms with E-state index in [4.69, 9.17) is 22.5 Å². The molecule has 1 aliphatic rings. The van der Waals surface area contributed by atoms with Gasteiger partial charge in [-0.05, 0) is 24.6 Å². The second-order valence-electron chi connectivity index (χ2n) is 4.81. The summed E-state index contributed by atoms with van der Waals surface area (Å²) in [6.07, 6.45) is 0.567. The zero-order valence-electron chi connectivity index (χ0n) is 11.0. The van der Waals surface area contributed by atoms with E-state index in [1.165, 1.54) is 0 Å². The minimum Gasteiger partial charge on any atom is -0.409 e. The first-order valence-corrected chi connectivity index (χ1v) is 8.24. The third-order valence-corrected chi connectivity index (χ3v) is 5.46. The number of oxime groups is 1. The third kappa shape index (κ3) is 2.99. The van der Waals surface area contributed by atoms with Crippen molar-refractivity contribution in [1.29, 1.82) is 0 Å². The van der Waals surface area contributed by atoms with Crippen LogP contribution in [0, 0.1) is 0 Å². The molecule has 1 fully saturated rings. The predicted octanol–water partition coefficient (Wildman–Crippen LogP) is 1.06. The molecule has 8 heteroatoms. The fourth-order valence-corrected chi connectivity index (χ4v) is 4.30. The lowest BCUT2D eigenvalue weighted by Crippen LogP contribution is -2.34. The Balaban J connectivity index is 2.37. The summed E-state index contributed by atoms with van der Waals surface area (Å²) in [5.74, 6) is 0.242. The number of halogens is 1. The molecule has 110 valence electrons. The minimum absolute atomic E-state index is 0.0600. The Labute approximate surface area is 122 Å². The Morgan fingerprint density at radius 3 is 2.80 bits per heavy atom. The van der Waals surface area contributed by atoms with Gasteiger partial charge in [-0.3, -0.25) is 0 Å². The number of sulfone groups is 1. The van der Waals surface area contributed by atoms with Crippen molar-refractivity contribution in [2.75, 3.05) is 23.5 Å². The van der Waals surface area contributed by atoms with Crippen LogP contribution in [0.5, 0.6) is 0 Å². The average molecular weight is 318 g/mol. The molecule has 0 aromatic heterocycles. The highest BCUT2D eigenvalue weighted by Gasteiger charge is 2.31. The van der Waals surface area contributed by atoms with E-state index in [-0.39, 0.29) is 23.4 Å². The molecule has 0 amide bonds. The Kier molecular flexibility index (Phi) is 4.10. The van der Waals surface area contributed by atoms with Crippen molar-refractivity contribution in [3.05, 3.63) is 28.8 Å². The number of benzene rings is 1. The molecule has 1 atom stereocenters. The Bertz CT molecular complexity index is 645. The number of hydrogen-bond acceptors (Lipinski definition) is 5. The summed E-state index contributed by atoms with van der Waals surface area (Å²) in [6.45, 7) is 0. The molecule has 6 nitrogen and oxygen atoms in total. The Morgan fingerprint density at radius 1 is 1.55 bits per heavy atom. The molecule has 1 saturated heterocycles. The predicted molar refractivity (Wildman–Crippen MR) is 79.4 cm³/mol. The SMILES string of the molecule is CN(c1ccc(Cl)cc1C(N)=NO)C1CCS(=O)(=O)C1. The van der Waals surface area contributed by atoms with Crippen molar-refractivity contribution < 1.29 is 13.6 Å². The third-order valence-electron chi connectivity index (χ3n) is 3.48. The van der Waals surface area contributed by atoms with Gasteiger partial charge in [-0.2, -0.15) is 0 Å². The van der Waals surface area contributed by atoms with E-state index in [2.05, 4.69) is 5.16 Å². The van der Waals surface area contributed by atoms with Crippen LogP contribution in [0.4, 0.5) is 5.69 Å². The maximum absolute atomic E-state index is 11.6. The number of rotatable bonds is 3. The van der Waals surface area contributed by atoms with Crippen molar-refractivity contribution in [2.45, 2.75) is 12.5 Å². The molecular formula is C12H16ClN3O3S. The zero-order chi connectivity index (χ0) is 14.9. The van der Waals surface area contributed by atoms with Crippen LogP contribution in [0.3, 0.4) is 0 Å². The molecule has 2 rings (SSSR count). The second-order valence-corrected chi connectivity index (χ2v) is 7.48. The number of anilines is 1. The van der Waals surface area contributed by atoms with Gasteiger partial charge >= 0.3 is 0 Å². The van der Waals surface area contributed by atoms with Crippen LogP contribution in [0.25, 0.3) is 0 Å². The van der Waals surface area contributed by atoms with Crippen molar-refractivity contribution in [1.82, 2.24) is 0 Å². The van der Waals surface area contributed by atoms with Gasteiger partial charge in [0.05, 0.1) is 11.5 Å². The summed E-state index contributed by atoms with van der Waals surface area (Å²) < 4.78 is 23.1. The standard InChI is InChI=1S/C12H16ClN3O3S/c1-16(9-4-5-20(18,19)7-9)11-3-2-8(13)6-10(11)12(14)15-17/h2-3,6,9,17H,4-5,7H2,1H3,(H2,14,15). The minimum atomic E-state index is -2.97. The summed E-state index contributed by atoms with van der Waals surface area (Å²) in [6, 6.07) is 4.89. The molecule has 20 heavy (non-hydrogen) atoms. The van der Waals surface area contributed by atoms with E-state index in [1.54, 1.807) is 25.2 Å². The maximum atomic E-state index is 11.6. The van der Waals surface area contributed by atoms with E-state index >= 15 is 0 Å². The second kappa shape index (κ2) is 5.49. The van der Waals surface area contributed by atoms with Crippen LogP contribution in [0.2, 0.25) is 5.02 Å². The molecule has 0 aliphatic carbocycles. The van der Waals surface area contributed by atoms with Crippen LogP contribution in [-0.4, -0.2) is 44.1 Å². The molecule has 1 aromatic rings. The molecule has 1 aromatic carbocycles. The van der Waals surface area contributed by atoms with Gasteiger partial charge in [0.15, 0.2) is 15.7 Å². The fourth-order valence-electron chi connectivity index (χ4n) is 2.35. The number of hydrogen-bond donors (Lipinski definition) is 2. The molecule has 1 aliphatic heterocycles. The normalized spacial score (nSPS) is 21.9. The van der Waals surface area contributed by atoms with Crippen LogP contribution < -0.4 is 10.6 Å². The van der Waals surface area contributed by atoms with E-state index in [9.17, 15) is 8.42 Å². The highest BCUT2D eigenvalue weighted by Crippen LogP contribution is 2.28. The largest absolute Gasteiger partial charge is 0.409 e. The summed E-state index contributed by atoms with van der Waals surface area (Å²) in [4.78, 5) is 1.84. The van der Waals surface area contributed by atoms with Crippen molar-refractivity contribution >= 4 is 33.0 Å². The monoisotopic (exact) mass is 317 g/mol. The highest BCUT2D eigenvalue weighted by atomic mass is 35.5. The molecule has 0 saturated carbocycles. The highest BCUT2D eigenvalue weighted by molar-refractivity contribution is 7.91. The summed E-state index contributed by atoms with van der Waals surface area (Å²) in [5.41, 5.74) is 6.82. The van der Waals surface area contributed by atoms with Crippen molar-refractivity contribution in [2.24, 2.45) is 10.9 Å². The molecule has 0 radical (unpaired) electrons. The van der Waals surface area contributed by atoms with E-state index in [1.807, 2.05) is 4.90 Å². The van der Waals surface area contributed by atoms with Gasteiger partial charge in [0.25, 0.3) is 0 Å². The molecule has 0 bridgehead atoms. The number of nitrogens with zero attached hydrogens (tertiary/aromatic N) is 2. The maximum Gasteiger partial charge on any atom is 0.172 e. The van der Waals surface area contributed by atoms with E-state index < -0.39 is 9.84 Å². The molecule has 1 unspecified atom stereocenters. The van der Waals surface area contributed by atoms with Crippen LogP contribution >= 0.6 is 11.6 Å². The molecule has 3 N–H and O–H groups in total. The quantitative estimate of drug-likeness (QED) is 0.376. The van der Waals surface area contributed by atoms with Crippen molar-refractivity contribution in [3.8, 4) is 0 Å².